The Kier molecular flexibility index (Phi) is 3.98. The van der Waals surface area contributed by atoms with Crippen LogP contribution in [0.25, 0.3) is 0 Å². The van der Waals surface area contributed by atoms with E-state index in [2.05, 4.69) is 36.4 Å². The lowest BCUT2D eigenvalue weighted by molar-refractivity contribution is 0.0839. The molecule has 0 fully saturated rings. The number of ether oxygens (including phenoxy) is 1. The van der Waals surface area contributed by atoms with Crippen LogP contribution in [-0.2, 0) is 11.3 Å². The van der Waals surface area contributed by atoms with Crippen LogP contribution in [0.1, 0.15) is 24.8 Å². The molecule has 1 aliphatic rings. The first-order chi connectivity index (χ1) is 7.45. The Bertz CT molecular complexity index is 302. The predicted octanol–water partition coefficient (Wildman–Crippen LogP) is 3.56. The molecule has 1 aliphatic carbocycles. The largest absolute Gasteiger partial charge is 0.376 e. The molecule has 0 aliphatic heterocycles. The summed E-state index contributed by atoms with van der Waals surface area (Å²) in [6, 6.07) is 10.4. The van der Waals surface area contributed by atoms with Gasteiger partial charge in [-0.3, -0.25) is 0 Å². The molecular formula is C14H18O. The summed E-state index contributed by atoms with van der Waals surface area (Å²) in [6.45, 7) is 1.65. The fourth-order valence-electron chi connectivity index (χ4n) is 1.93. The van der Waals surface area contributed by atoms with Crippen LogP contribution < -0.4 is 0 Å². The third-order valence-electron chi connectivity index (χ3n) is 2.84. The lowest BCUT2D eigenvalue weighted by atomic mass is 9.95. The van der Waals surface area contributed by atoms with E-state index in [4.69, 9.17) is 4.74 Å². The van der Waals surface area contributed by atoms with Crippen LogP contribution in [0.15, 0.2) is 42.5 Å². The quantitative estimate of drug-likeness (QED) is 0.678. The molecule has 0 saturated carbocycles. The first-order valence-electron chi connectivity index (χ1n) is 5.72. The Hall–Kier alpha value is -1.08. The van der Waals surface area contributed by atoms with E-state index in [0.717, 1.165) is 19.1 Å². The maximum Gasteiger partial charge on any atom is 0.0717 e. The van der Waals surface area contributed by atoms with Gasteiger partial charge in [-0.15, -0.1) is 0 Å². The maximum atomic E-state index is 5.73. The van der Waals surface area contributed by atoms with E-state index in [0.29, 0.717) is 0 Å². The van der Waals surface area contributed by atoms with Crippen molar-refractivity contribution in [3.8, 4) is 0 Å². The first-order valence-corrected chi connectivity index (χ1v) is 5.72. The third-order valence-corrected chi connectivity index (χ3v) is 2.84. The second-order valence-electron chi connectivity index (χ2n) is 4.15. The van der Waals surface area contributed by atoms with Gasteiger partial charge in [0.05, 0.1) is 13.2 Å². The van der Waals surface area contributed by atoms with Crippen LogP contribution in [0.2, 0.25) is 0 Å². The van der Waals surface area contributed by atoms with Crippen LogP contribution >= 0.6 is 0 Å². The highest BCUT2D eigenvalue weighted by Gasteiger charge is 2.09. The summed E-state index contributed by atoms with van der Waals surface area (Å²) >= 11 is 0. The average Bonchev–Trinajstić information content (AvgIpc) is 2.32. The van der Waals surface area contributed by atoms with Gasteiger partial charge in [-0.05, 0) is 30.7 Å². The van der Waals surface area contributed by atoms with Gasteiger partial charge in [0.15, 0.2) is 0 Å². The lowest BCUT2D eigenvalue weighted by Gasteiger charge is -2.17. The molecule has 1 aromatic carbocycles. The number of rotatable bonds is 4. The van der Waals surface area contributed by atoms with Crippen LogP contribution in [0.3, 0.4) is 0 Å². The van der Waals surface area contributed by atoms with Crippen molar-refractivity contribution in [3.63, 3.8) is 0 Å². The normalized spacial score (nSPS) is 20.4. The molecule has 0 saturated heterocycles. The maximum absolute atomic E-state index is 5.73. The molecule has 1 heteroatoms. The molecule has 1 unspecified atom stereocenters. The molecule has 0 heterocycles. The zero-order valence-corrected chi connectivity index (χ0v) is 9.06. The van der Waals surface area contributed by atoms with Gasteiger partial charge in [0.25, 0.3) is 0 Å². The van der Waals surface area contributed by atoms with Gasteiger partial charge < -0.3 is 4.74 Å². The first kappa shape index (κ1) is 10.4. The molecule has 0 spiro atoms. The summed E-state index contributed by atoms with van der Waals surface area (Å²) < 4.78 is 5.73. The highest BCUT2D eigenvalue weighted by molar-refractivity contribution is 5.13. The van der Waals surface area contributed by atoms with Crippen LogP contribution in [0.4, 0.5) is 0 Å². The Balaban J connectivity index is 1.68. The zero-order valence-electron chi connectivity index (χ0n) is 9.06. The number of benzene rings is 1. The Labute approximate surface area is 91.8 Å². The van der Waals surface area contributed by atoms with E-state index in [1.165, 1.54) is 24.8 Å². The minimum absolute atomic E-state index is 0.735. The topological polar surface area (TPSA) is 9.23 Å². The van der Waals surface area contributed by atoms with E-state index in [1.54, 1.807) is 0 Å². The smallest absolute Gasteiger partial charge is 0.0717 e. The highest BCUT2D eigenvalue weighted by atomic mass is 16.5. The Morgan fingerprint density at radius 2 is 2.00 bits per heavy atom. The molecule has 15 heavy (non-hydrogen) atoms. The van der Waals surface area contributed by atoms with Gasteiger partial charge >= 0.3 is 0 Å². The summed E-state index contributed by atoms with van der Waals surface area (Å²) in [7, 11) is 0. The number of hydrogen-bond acceptors (Lipinski definition) is 1. The highest BCUT2D eigenvalue weighted by Crippen LogP contribution is 2.18. The summed E-state index contributed by atoms with van der Waals surface area (Å²) in [5.74, 6) is 0.735. The van der Waals surface area contributed by atoms with Crippen LogP contribution in [-0.4, -0.2) is 6.61 Å². The molecule has 0 N–H and O–H groups in total. The van der Waals surface area contributed by atoms with Crippen molar-refractivity contribution in [2.45, 2.75) is 25.9 Å². The van der Waals surface area contributed by atoms with Gasteiger partial charge in [-0.25, -0.2) is 0 Å². The Morgan fingerprint density at radius 1 is 1.13 bits per heavy atom. The van der Waals surface area contributed by atoms with E-state index >= 15 is 0 Å². The summed E-state index contributed by atoms with van der Waals surface area (Å²) in [4.78, 5) is 0. The molecule has 1 aromatic rings. The predicted molar refractivity (Wildman–Crippen MR) is 62.6 cm³/mol. The van der Waals surface area contributed by atoms with Crippen molar-refractivity contribution in [2.75, 3.05) is 6.61 Å². The minimum atomic E-state index is 0.735. The second kappa shape index (κ2) is 5.72. The molecule has 80 valence electrons. The fourth-order valence-corrected chi connectivity index (χ4v) is 1.93. The van der Waals surface area contributed by atoms with Crippen molar-refractivity contribution >= 4 is 0 Å². The van der Waals surface area contributed by atoms with Crippen molar-refractivity contribution in [1.29, 1.82) is 0 Å². The SMILES string of the molecule is C1=CCC(COCc2ccccc2)CC1. The average molecular weight is 202 g/mol. The number of allylic oxidation sites excluding steroid dienone is 2. The monoisotopic (exact) mass is 202 g/mol. The van der Waals surface area contributed by atoms with Gasteiger partial charge in [0.2, 0.25) is 0 Å². The van der Waals surface area contributed by atoms with Gasteiger partial charge in [-0.2, -0.15) is 0 Å². The molecule has 1 nitrogen and oxygen atoms in total. The third kappa shape index (κ3) is 3.52. The van der Waals surface area contributed by atoms with Crippen LogP contribution in [0.5, 0.6) is 0 Å². The van der Waals surface area contributed by atoms with Crippen molar-refractivity contribution in [1.82, 2.24) is 0 Å². The van der Waals surface area contributed by atoms with E-state index < -0.39 is 0 Å². The molecule has 0 aromatic heterocycles. The van der Waals surface area contributed by atoms with E-state index in [9.17, 15) is 0 Å². The van der Waals surface area contributed by atoms with Crippen LogP contribution in [0, 0.1) is 5.92 Å². The molecule has 1 atom stereocenters. The van der Waals surface area contributed by atoms with Crippen molar-refractivity contribution < 1.29 is 4.74 Å². The van der Waals surface area contributed by atoms with Gasteiger partial charge in [-0.1, -0.05) is 42.5 Å². The molecule has 0 bridgehead atoms. The van der Waals surface area contributed by atoms with Gasteiger partial charge in [0.1, 0.15) is 0 Å². The Morgan fingerprint density at radius 3 is 2.73 bits per heavy atom. The van der Waals surface area contributed by atoms with Gasteiger partial charge in [0, 0.05) is 0 Å². The van der Waals surface area contributed by atoms with Crippen molar-refractivity contribution in [2.24, 2.45) is 5.92 Å². The fraction of sp³-hybridized carbons (Fsp3) is 0.429. The van der Waals surface area contributed by atoms with E-state index in [-0.39, 0.29) is 0 Å². The summed E-state index contributed by atoms with van der Waals surface area (Å²) in [5, 5.41) is 0. The molecular weight excluding hydrogens is 184 g/mol. The second-order valence-corrected chi connectivity index (χ2v) is 4.15. The molecule has 2 rings (SSSR count). The molecule has 0 radical (unpaired) electrons. The molecule has 0 amide bonds. The lowest BCUT2D eigenvalue weighted by Crippen LogP contribution is -2.10. The minimum Gasteiger partial charge on any atom is -0.376 e. The number of hydrogen-bond donors (Lipinski definition) is 0. The summed E-state index contributed by atoms with van der Waals surface area (Å²) in [5.41, 5.74) is 1.27. The van der Waals surface area contributed by atoms with Crippen molar-refractivity contribution in [3.05, 3.63) is 48.0 Å². The van der Waals surface area contributed by atoms with E-state index in [1.807, 2.05) is 6.07 Å². The standard InChI is InChI=1S/C14H18O/c1-3-7-13(8-4-1)11-15-12-14-9-5-2-6-10-14/h1-5,7-8,14H,6,9-12H2. The zero-order chi connectivity index (χ0) is 10.3. The summed E-state index contributed by atoms with van der Waals surface area (Å²) in [6.07, 6.45) is 8.24.